The standard InChI is InChI=1S/C26H27ClFN5O3/c1-14(2)30-26-31-22-13-32(24(35)17-7-10-21(28)20(27)12-17)15(3)11-19(22)25(36)33(26)18-8-5-16(6-9-18)23(34)29-4/h5-10,12,14-15H,11,13H2,1-4H3,(H,29,34)(H,30,31)/t15-/m1/s1. The van der Waals surface area contributed by atoms with Crippen LogP contribution in [0.3, 0.4) is 0 Å². The van der Waals surface area contributed by atoms with Gasteiger partial charge in [-0.3, -0.25) is 14.4 Å². The molecule has 8 nitrogen and oxygen atoms in total. The first kappa shape index (κ1) is 25.4. The highest BCUT2D eigenvalue weighted by molar-refractivity contribution is 6.31. The maximum Gasteiger partial charge on any atom is 0.263 e. The minimum absolute atomic E-state index is 0.0204. The SMILES string of the molecule is CNC(=O)c1ccc(-n2c(NC(C)C)nc3c(c2=O)C[C@@H](C)N(C(=O)c2ccc(F)c(Cl)c2)C3)cc1. The highest BCUT2D eigenvalue weighted by atomic mass is 35.5. The summed E-state index contributed by atoms with van der Waals surface area (Å²) in [7, 11) is 1.55. The summed E-state index contributed by atoms with van der Waals surface area (Å²) >= 11 is 5.88. The first-order valence-corrected chi connectivity index (χ1v) is 12.0. The van der Waals surface area contributed by atoms with Crippen molar-refractivity contribution in [2.24, 2.45) is 0 Å². The van der Waals surface area contributed by atoms with Crippen molar-refractivity contribution in [3.05, 3.63) is 86.0 Å². The highest BCUT2D eigenvalue weighted by Crippen LogP contribution is 2.26. The summed E-state index contributed by atoms with van der Waals surface area (Å²) < 4.78 is 15.1. The van der Waals surface area contributed by atoms with E-state index in [1.165, 1.54) is 16.7 Å². The van der Waals surface area contributed by atoms with Crippen molar-refractivity contribution in [2.75, 3.05) is 12.4 Å². The molecule has 1 aromatic heterocycles. The van der Waals surface area contributed by atoms with E-state index < -0.39 is 5.82 Å². The number of nitrogens with zero attached hydrogens (tertiary/aromatic N) is 3. The summed E-state index contributed by atoms with van der Waals surface area (Å²) in [4.78, 5) is 45.2. The average Bonchev–Trinajstić information content (AvgIpc) is 2.85. The number of amides is 2. The zero-order valence-corrected chi connectivity index (χ0v) is 21.2. The number of nitrogens with one attached hydrogen (secondary N) is 2. The Labute approximate surface area is 213 Å². The fourth-order valence-corrected chi connectivity index (χ4v) is 4.41. The zero-order chi connectivity index (χ0) is 26.1. The number of halogens is 2. The van der Waals surface area contributed by atoms with E-state index in [-0.39, 0.29) is 46.6 Å². The summed E-state index contributed by atoms with van der Waals surface area (Å²) in [6.45, 7) is 5.85. The van der Waals surface area contributed by atoms with E-state index in [0.29, 0.717) is 34.9 Å². The van der Waals surface area contributed by atoms with Crippen LogP contribution in [0.25, 0.3) is 5.69 Å². The van der Waals surface area contributed by atoms with Crippen LogP contribution in [0.4, 0.5) is 10.3 Å². The maximum atomic E-state index is 13.7. The molecule has 2 N–H and O–H groups in total. The molecule has 2 heterocycles. The van der Waals surface area contributed by atoms with E-state index in [0.717, 1.165) is 6.07 Å². The molecule has 0 bridgehead atoms. The van der Waals surface area contributed by atoms with Crippen LogP contribution >= 0.6 is 11.6 Å². The van der Waals surface area contributed by atoms with Crippen LogP contribution < -0.4 is 16.2 Å². The minimum atomic E-state index is -0.597. The molecule has 0 radical (unpaired) electrons. The largest absolute Gasteiger partial charge is 0.355 e. The third-order valence-electron chi connectivity index (χ3n) is 6.07. The molecule has 36 heavy (non-hydrogen) atoms. The van der Waals surface area contributed by atoms with Gasteiger partial charge in [0.1, 0.15) is 5.82 Å². The number of anilines is 1. The molecule has 0 saturated heterocycles. The second kappa shape index (κ2) is 10.1. The van der Waals surface area contributed by atoms with Crippen LogP contribution in [-0.4, -0.2) is 45.4 Å². The second-order valence-electron chi connectivity index (χ2n) is 9.04. The van der Waals surface area contributed by atoms with Gasteiger partial charge in [0.2, 0.25) is 5.95 Å². The minimum Gasteiger partial charge on any atom is -0.355 e. The predicted molar refractivity (Wildman–Crippen MR) is 136 cm³/mol. The molecular formula is C26H27ClFN5O3. The molecule has 0 fully saturated rings. The molecule has 4 rings (SSSR count). The molecule has 0 unspecified atom stereocenters. The van der Waals surface area contributed by atoms with Gasteiger partial charge in [-0.1, -0.05) is 11.6 Å². The van der Waals surface area contributed by atoms with Crippen molar-refractivity contribution in [3.8, 4) is 5.69 Å². The fourth-order valence-electron chi connectivity index (χ4n) is 4.23. The molecule has 188 valence electrons. The van der Waals surface area contributed by atoms with E-state index in [2.05, 4.69) is 10.6 Å². The van der Waals surface area contributed by atoms with Gasteiger partial charge in [0, 0.05) is 35.8 Å². The number of aromatic nitrogens is 2. The van der Waals surface area contributed by atoms with Gasteiger partial charge in [0.05, 0.1) is 22.9 Å². The van der Waals surface area contributed by atoms with Gasteiger partial charge in [0.25, 0.3) is 17.4 Å². The summed E-state index contributed by atoms with van der Waals surface area (Å²) in [6.07, 6.45) is 0.306. The number of fused-ring (bicyclic) bond motifs is 1. The van der Waals surface area contributed by atoms with Crippen molar-refractivity contribution >= 4 is 29.4 Å². The molecule has 0 saturated carbocycles. The number of carbonyl (C=O) groups is 2. The van der Waals surface area contributed by atoms with Gasteiger partial charge in [0.15, 0.2) is 0 Å². The number of benzene rings is 2. The van der Waals surface area contributed by atoms with Crippen molar-refractivity contribution in [1.29, 1.82) is 0 Å². The predicted octanol–water partition coefficient (Wildman–Crippen LogP) is 3.79. The number of hydrogen-bond acceptors (Lipinski definition) is 5. The molecule has 0 spiro atoms. The lowest BCUT2D eigenvalue weighted by molar-refractivity contribution is 0.0653. The Morgan fingerprint density at radius 2 is 1.81 bits per heavy atom. The van der Waals surface area contributed by atoms with Crippen molar-refractivity contribution in [1.82, 2.24) is 19.8 Å². The number of rotatable bonds is 5. The van der Waals surface area contributed by atoms with Crippen LogP contribution in [0, 0.1) is 5.82 Å². The smallest absolute Gasteiger partial charge is 0.263 e. The van der Waals surface area contributed by atoms with E-state index in [9.17, 15) is 18.8 Å². The van der Waals surface area contributed by atoms with Crippen LogP contribution in [-0.2, 0) is 13.0 Å². The topological polar surface area (TPSA) is 96.3 Å². The Kier molecular flexibility index (Phi) is 7.12. The van der Waals surface area contributed by atoms with Gasteiger partial charge in [-0.15, -0.1) is 0 Å². The second-order valence-corrected chi connectivity index (χ2v) is 9.45. The van der Waals surface area contributed by atoms with Crippen molar-refractivity contribution < 1.29 is 14.0 Å². The maximum absolute atomic E-state index is 13.7. The number of hydrogen-bond donors (Lipinski definition) is 2. The normalized spacial score (nSPS) is 15.0. The molecule has 3 aromatic rings. The van der Waals surface area contributed by atoms with Crippen LogP contribution in [0.2, 0.25) is 5.02 Å². The van der Waals surface area contributed by atoms with E-state index in [1.807, 2.05) is 20.8 Å². The molecule has 2 amide bonds. The van der Waals surface area contributed by atoms with Gasteiger partial charge < -0.3 is 15.5 Å². The molecule has 1 aliphatic rings. The molecule has 1 atom stereocenters. The third-order valence-corrected chi connectivity index (χ3v) is 6.36. The lowest BCUT2D eigenvalue weighted by Gasteiger charge is -2.34. The Morgan fingerprint density at radius 1 is 1.14 bits per heavy atom. The first-order valence-electron chi connectivity index (χ1n) is 11.6. The van der Waals surface area contributed by atoms with Gasteiger partial charge in [-0.2, -0.15) is 0 Å². The van der Waals surface area contributed by atoms with Crippen LogP contribution in [0.5, 0.6) is 0 Å². The fraction of sp³-hybridized carbons (Fsp3) is 0.308. The Hall–Kier alpha value is -3.72. The summed E-state index contributed by atoms with van der Waals surface area (Å²) in [5.41, 5.74) is 2.09. The highest BCUT2D eigenvalue weighted by Gasteiger charge is 2.32. The molecule has 0 aliphatic carbocycles. The summed E-state index contributed by atoms with van der Waals surface area (Å²) in [5.74, 6) is -0.795. The molecule has 1 aliphatic heterocycles. The Bertz CT molecular complexity index is 1390. The quantitative estimate of drug-likeness (QED) is 0.543. The van der Waals surface area contributed by atoms with E-state index in [4.69, 9.17) is 16.6 Å². The monoisotopic (exact) mass is 511 g/mol. The Balaban J connectivity index is 1.75. The van der Waals surface area contributed by atoms with E-state index in [1.54, 1.807) is 36.2 Å². The van der Waals surface area contributed by atoms with Gasteiger partial charge >= 0.3 is 0 Å². The zero-order valence-electron chi connectivity index (χ0n) is 20.4. The molecular weight excluding hydrogens is 485 g/mol. The summed E-state index contributed by atoms with van der Waals surface area (Å²) in [6, 6.07) is 10.2. The molecule has 2 aromatic carbocycles. The average molecular weight is 512 g/mol. The van der Waals surface area contributed by atoms with Crippen molar-refractivity contribution in [3.63, 3.8) is 0 Å². The first-order chi connectivity index (χ1) is 17.1. The van der Waals surface area contributed by atoms with Gasteiger partial charge in [-0.05, 0) is 69.7 Å². The third kappa shape index (κ3) is 4.83. The lowest BCUT2D eigenvalue weighted by Crippen LogP contribution is -2.46. The van der Waals surface area contributed by atoms with Gasteiger partial charge in [-0.25, -0.2) is 13.9 Å². The van der Waals surface area contributed by atoms with Crippen LogP contribution in [0.15, 0.2) is 47.3 Å². The Morgan fingerprint density at radius 3 is 2.42 bits per heavy atom. The van der Waals surface area contributed by atoms with Crippen molar-refractivity contribution in [2.45, 2.75) is 45.8 Å². The van der Waals surface area contributed by atoms with Crippen LogP contribution in [0.1, 0.15) is 52.7 Å². The summed E-state index contributed by atoms with van der Waals surface area (Å²) in [5, 5.41) is 5.67. The lowest BCUT2D eigenvalue weighted by atomic mass is 9.98. The molecule has 10 heteroatoms. The number of carbonyl (C=O) groups excluding carboxylic acids is 2. The van der Waals surface area contributed by atoms with E-state index >= 15 is 0 Å².